The summed E-state index contributed by atoms with van der Waals surface area (Å²) in [5.74, 6) is 0.345. The number of methoxy groups -OCH3 is 3. The van der Waals surface area contributed by atoms with Crippen LogP contribution in [-0.2, 0) is 25.1 Å². The number of esters is 1. The first-order valence-electron chi connectivity index (χ1n) is 20.5. The first kappa shape index (κ1) is 34.7. The molecular formula is C43H54N4O8. The summed E-state index contributed by atoms with van der Waals surface area (Å²) in [6.45, 7) is 6.65. The third kappa shape index (κ3) is 3.72. The Hall–Kier alpha value is -3.55. The minimum atomic E-state index is -0.738. The molecule has 6 fully saturated rings. The van der Waals surface area contributed by atoms with E-state index in [0.29, 0.717) is 30.3 Å². The maximum absolute atomic E-state index is 13.8. The Labute approximate surface area is 322 Å². The zero-order valence-corrected chi connectivity index (χ0v) is 32.7. The maximum Gasteiger partial charge on any atom is 0.335 e. The molecule has 2 spiro atoms. The van der Waals surface area contributed by atoms with Gasteiger partial charge in [0.1, 0.15) is 6.10 Å². The van der Waals surface area contributed by atoms with E-state index >= 15 is 0 Å². The standard InChI is InChI=1S/C43H54N4O8/c1-7-40-12-11-28-42(13-15-46(38(40)42)20-27(49)35(40)50)23-17-21(9-10-25(23)45(28)3)30-33-36(55-33)41(8-2)19-22(37(51)54-6)34-43(14-16-47(30)39(41)43)24-18-26(48)31(52-4)32(53-5)29(24)44-34/h9-10,17-18,27-28,30,33,35-36,38-39,44,48-50H,7-8,11-16,19-20H2,1-6H3/t27-,28-,30+,33+,35+,36+,38-,39-,40+,41+,42+,43-/m0/s1. The monoisotopic (exact) mass is 754 g/mol. The first-order chi connectivity index (χ1) is 26.5. The molecule has 0 bridgehead atoms. The number of epoxide rings is 1. The fourth-order valence-corrected chi connectivity index (χ4v) is 15.1. The number of aliphatic hydroxyl groups excluding tert-OH is 2. The molecule has 0 aromatic heterocycles. The predicted molar refractivity (Wildman–Crippen MR) is 204 cm³/mol. The highest BCUT2D eigenvalue weighted by Crippen LogP contribution is 2.73. The summed E-state index contributed by atoms with van der Waals surface area (Å²) in [6, 6.07) is 9.45. The summed E-state index contributed by atoms with van der Waals surface area (Å²) in [5, 5.41) is 38.0. The number of likely N-dealkylation sites (N-methyl/N-ethyl adjacent to an activating group) is 1. The van der Waals surface area contributed by atoms with Crippen molar-refractivity contribution >= 4 is 17.3 Å². The Kier molecular flexibility index (Phi) is 7.00. The number of nitrogens with one attached hydrogen (secondary N) is 1. The molecule has 2 aromatic rings. The topological polar surface area (TPSA) is 140 Å². The fourth-order valence-electron chi connectivity index (χ4n) is 15.1. The molecule has 0 radical (unpaired) electrons. The van der Waals surface area contributed by atoms with Gasteiger partial charge in [0.2, 0.25) is 5.75 Å². The largest absolute Gasteiger partial charge is 0.504 e. The van der Waals surface area contributed by atoms with E-state index in [0.717, 1.165) is 68.6 Å². The van der Waals surface area contributed by atoms with E-state index in [1.807, 2.05) is 6.07 Å². The van der Waals surface area contributed by atoms with Crippen LogP contribution in [0.2, 0.25) is 0 Å². The van der Waals surface area contributed by atoms with Gasteiger partial charge in [-0.15, -0.1) is 0 Å². The molecule has 294 valence electrons. The second-order valence-electron chi connectivity index (χ2n) is 18.2. The second-order valence-corrected chi connectivity index (χ2v) is 18.2. The van der Waals surface area contributed by atoms with Crippen LogP contribution in [0.1, 0.15) is 81.5 Å². The van der Waals surface area contributed by atoms with E-state index in [9.17, 15) is 20.1 Å². The molecule has 0 unspecified atom stereocenters. The summed E-state index contributed by atoms with van der Waals surface area (Å²) in [4.78, 5) is 21.5. The van der Waals surface area contributed by atoms with Crippen molar-refractivity contribution in [3.8, 4) is 17.2 Å². The lowest BCUT2D eigenvalue weighted by Gasteiger charge is -2.61. The van der Waals surface area contributed by atoms with Crippen molar-refractivity contribution in [1.29, 1.82) is 0 Å². The third-order valence-corrected chi connectivity index (χ3v) is 17.0. The van der Waals surface area contributed by atoms with Crippen molar-refractivity contribution in [2.75, 3.05) is 58.2 Å². The highest BCUT2D eigenvalue weighted by atomic mass is 16.6. The average molecular weight is 755 g/mol. The molecule has 7 heterocycles. The number of fused-ring (bicyclic) bond motifs is 4. The van der Waals surface area contributed by atoms with Crippen molar-refractivity contribution in [3.63, 3.8) is 0 Å². The molecule has 12 heteroatoms. The number of carbonyl (C=O) groups excluding carboxylic acids is 1. The summed E-state index contributed by atoms with van der Waals surface area (Å²) >= 11 is 0. The lowest BCUT2D eigenvalue weighted by molar-refractivity contribution is -0.171. The highest BCUT2D eigenvalue weighted by molar-refractivity contribution is 5.94. The number of hydrogen-bond acceptors (Lipinski definition) is 12. The number of rotatable bonds is 6. The number of phenolic OH excluding ortho intramolecular Hbond substituents is 1. The molecule has 12 atom stereocenters. The van der Waals surface area contributed by atoms with Crippen molar-refractivity contribution in [3.05, 3.63) is 52.2 Å². The smallest absolute Gasteiger partial charge is 0.335 e. The van der Waals surface area contributed by atoms with Gasteiger partial charge in [-0.05, 0) is 80.3 Å². The van der Waals surface area contributed by atoms with Crippen LogP contribution in [0.15, 0.2) is 35.5 Å². The summed E-state index contributed by atoms with van der Waals surface area (Å²) in [6.07, 6.45) is 4.27. The second kappa shape index (κ2) is 11.1. The van der Waals surface area contributed by atoms with Gasteiger partial charge in [0.25, 0.3) is 0 Å². The lowest BCUT2D eigenvalue weighted by Crippen LogP contribution is -2.71. The highest BCUT2D eigenvalue weighted by Gasteiger charge is 2.77. The van der Waals surface area contributed by atoms with Gasteiger partial charge in [0.15, 0.2) is 11.5 Å². The molecular weight excluding hydrogens is 700 g/mol. The van der Waals surface area contributed by atoms with Crippen molar-refractivity contribution in [2.24, 2.45) is 10.8 Å². The van der Waals surface area contributed by atoms with Crippen LogP contribution < -0.4 is 19.7 Å². The number of hydrogen-bond donors (Lipinski definition) is 4. The Morgan fingerprint density at radius 3 is 2.49 bits per heavy atom. The minimum Gasteiger partial charge on any atom is -0.504 e. The molecule has 9 aliphatic rings. The predicted octanol–water partition coefficient (Wildman–Crippen LogP) is 3.95. The van der Waals surface area contributed by atoms with Gasteiger partial charge in [-0.3, -0.25) is 9.80 Å². The van der Waals surface area contributed by atoms with Crippen LogP contribution >= 0.6 is 0 Å². The number of aliphatic hydroxyl groups is 2. The lowest BCUT2D eigenvalue weighted by atomic mass is 9.51. The van der Waals surface area contributed by atoms with E-state index in [-0.39, 0.29) is 64.0 Å². The Balaban J connectivity index is 1.08. The molecule has 4 N–H and O–H groups in total. The average Bonchev–Trinajstić information content (AvgIpc) is 3.48. The van der Waals surface area contributed by atoms with Crippen LogP contribution in [0, 0.1) is 10.8 Å². The van der Waals surface area contributed by atoms with Crippen molar-refractivity contribution in [2.45, 2.75) is 118 Å². The molecule has 55 heavy (non-hydrogen) atoms. The maximum atomic E-state index is 13.8. The Morgan fingerprint density at radius 2 is 1.76 bits per heavy atom. The molecule has 7 aliphatic heterocycles. The molecule has 1 saturated carbocycles. The quantitative estimate of drug-likeness (QED) is 0.193. The molecule has 11 rings (SSSR count). The van der Waals surface area contributed by atoms with E-state index in [1.165, 1.54) is 31.0 Å². The number of aromatic hydroxyl groups is 1. The number of ether oxygens (including phenoxy) is 4. The number of benzene rings is 2. The number of phenols is 1. The van der Waals surface area contributed by atoms with Gasteiger partial charge in [-0.25, -0.2) is 4.79 Å². The van der Waals surface area contributed by atoms with Crippen molar-refractivity contribution in [1.82, 2.24) is 9.80 Å². The normalized spacial score (nSPS) is 42.7. The van der Waals surface area contributed by atoms with Crippen LogP contribution in [0.25, 0.3) is 0 Å². The van der Waals surface area contributed by atoms with Crippen LogP contribution in [0.5, 0.6) is 17.2 Å². The molecule has 5 saturated heterocycles. The van der Waals surface area contributed by atoms with Crippen LogP contribution in [0.3, 0.4) is 0 Å². The Bertz CT molecular complexity index is 2070. The molecule has 2 aromatic carbocycles. The number of carbonyl (C=O) groups is 1. The van der Waals surface area contributed by atoms with Gasteiger partial charge in [-0.2, -0.15) is 0 Å². The number of piperidine rings is 2. The zero-order chi connectivity index (χ0) is 38.1. The van der Waals surface area contributed by atoms with Gasteiger partial charge in [0, 0.05) is 65.9 Å². The zero-order valence-electron chi connectivity index (χ0n) is 32.7. The van der Waals surface area contributed by atoms with Gasteiger partial charge < -0.3 is 44.5 Å². The van der Waals surface area contributed by atoms with E-state index in [2.05, 4.69) is 59.1 Å². The fraction of sp³-hybridized carbons (Fsp3) is 0.651. The van der Waals surface area contributed by atoms with Gasteiger partial charge >= 0.3 is 5.97 Å². The molecule has 2 aliphatic carbocycles. The first-order valence-corrected chi connectivity index (χ1v) is 20.5. The minimum absolute atomic E-state index is 0.00498. The number of nitrogens with zero attached hydrogens (tertiary/aromatic N) is 3. The molecule has 0 amide bonds. The van der Waals surface area contributed by atoms with Crippen molar-refractivity contribution < 1.29 is 39.1 Å². The van der Waals surface area contributed by atoms with Crippen LogP contribution in [-0.4, -0.2) is 122 Å². The van der Waals surface area contributed by atoms with E-state index in [4.69, 9.17) is 18.9 Å². The summed E-state index contributed by atoms with van der Waals surface area (Å²) in [7, 11) is 6.81. The van der Waals surface area contributed by atoms with Gasteiger partial charge in [0.05, 0.1) is 62.4 Å². The number of anilines is 2. The SMILES string of the molecule is CC[C@@]12CC[C@@H]3N(C)c4ccc([C@@H]5[C@H]6O[C@H]6[C@@]6(CC)CC(C(=O)OC)=C7Nc8c(cc(O)c(OC)c8OC)[C@@]78CCN5[C@@H]68)cc4[C@]34CCN(C[C@H](O)[C@H]1O)[C@@H]24. The molecule has 12 nitrogen and oxygen atoms in total. The Morgan fingerprint density at radius 1 is 0.982 bits per heavy atom. The summed E-state index contributed by atoms with van der Waals surface area (Å²) in [5.41, 5.74) is 5.53. The van der Waals surface area contributed by atoms with E-state index in [1.54, 1.807) is 7.11 Å². The summed E-state index contributed by atoms with van der Waals surface area (Å²) < 4.78 is 23.9. The van der Waals surface area contributed by atoms with E-state index < -0.39 is 17.6 Å². The third-order valence-electron chi connectivity index (χ3n) is 17.0. The van der Waals surface area contributed by atoms with Crippen LogP contribution in [0.4, 0.5) is 11.4 Å². The van der Waals surface area contributed by atoms with Gasteiger partial charge in [-0.1, -0.05) is 26.0 Å².